The smallest absolute Gasteiger partial charge is 0.257 e. The van der Waals surface area contributed by atoms with E-state index in [1.54, 1.807) is 0 Å². The molecule has 1 aromatic carbocycles. The maximum absolute atomic E-state index is 12.3. The molecule has 1 atom stereocenters. The molecule has 92 valence electrons. The van der Waals surface area contributed by atoms with Gasteiger partial charge in [0.25, 0.3) is 5.91 Å². The van der Waals surface area contributed by atoms with E-state index in [0.29, 0.717) is 5.92 Å². The molecule has 1 aliphatic rings. The number of nitrogens with zero attached hydrogens (tertiary/aromatic N) is 1. The number of amides is 1. The molecule has 17 heavy (non-hydrogen) atoms. The highest BCUT2D eigenvalue weighted by Crippen LogP contribution is 2.33. The molecule has 0 saturated carbocycles. The number of para-hydroxylation sites is 1. The van der Waals surface area contributed by atoms with Crippen LogP contribution in [-0.2, 0) is 0 Å². The van der Waals surface area contributed by atoms with Gasteiger partial charge in [0.15, 0.2) is 0 Å². The molecule has 0 aromatic heterocycles. The summed E-state index contributed by atoms with van der Waals surface area (Å²) >= 11 is 0. The number of carbonyl (C=O) groups excluding carboxylic acids is 1. The second-order valence-corrected chi connectivity index (χ2v) is 5.41. The maximum Gasteiger partial charge on any atom is 0.257 e. The van der Waals surface area contributed by atoms with Crippen LogP contribution in [0.4, 0.5) is 5.69 Å². The number of benzene rings is 1. The van der Waals surface area contributed by atoms with E-state index in [9.17, 15) is 4.79 Å². The van der Waals surface area contributed by atoms with Gasteiger partial charge in [0.2, 0.25) is 0 Å². The number of anilines is 1. The van der Waals surface area contributed by atoms with Crippen LogP contribution >= 0.6 is 0 Å². The molecule has 1 aliphatic heterocycles. The van der Waals surface area contributed by atoms with Crippen molar-refractivity contribution in [3.05, 3.63) is 29.8 Å². The van der Waals surface area contributed by atoms with Gasteiger partial charge in [-0.2, -0.15) is 0 Å². The molecule has 0 saturated heterocycles. The highest BCUT2D eigenvalue weighted by molar-refractivity contribution is 6.01. The zero-order valence-corrected chi connectivity index (χ0v) is 10.9. The van der Waals surface area contributed by atoms with Gasteiger partial charge in [-0.05, 0) is 31.4 Å². The second-order valence-electron chi connectivity index (χ2n) is 5.41. The number of hydrogen-bond acceptors (Lipinski definition) is 2. The third-order valence-corrected chi connectivity index (χ3v) is 3.41. The van der Waals surface area contributed by atoms with Crippen molar-refractivity contribution in [2.24, 2.45) is 5.92 Å². The Kier molecular flexibility index (Phi) is 2.86. The van der Waals surface area contributed by atoms with Crippen LogP contribution in [0.5, 0.6) is 0 Å². The number of rotatable bonds is 2. The second kappa shape index (κ2) is 4.06. The molecule has 0 radical (unpaired) electrons. The summed E-state index contributed by atoms with van der Waals surface area (Å²) in [5, 5.41) is 3.49. The predicted octanol–water partition coefficient (Wildman–Crippen LogP) is 2.95. The summed E-state index contributed by atoms with van der Waals surface area (Å²) in [5.41, 5.74) is 1.41. The average Bonchev–Trinajstić information content (AvgIpc) is 2.25. The molecule has 0 aliphatic carbocycles. The number of carbonyl (C=O) groups is 1. The van der Waals surface area contributed by atoms with E-state index < -0.39 is 0 Å². The molecule has 0 fully saturated rings. The van der Waals surface area contributed by atoms with Gasteiger partial charge in [-0.25, -0.2) is 0 Å². The highest BCUT2D eigenvalue weighted by atomic mass is 16.2. The van der Waals surface area contributed by atoms with E-state index in [2.05, 4.69) is 26.1 Å². The van der Waals surface area contributed by atoms with Gasteiger partial charge in [-0.3, -0.25) is 4.79 Å². The van der Waals surface area contributed by atoms with Crippen LogP contribution in [0.15, 0.2) is 24.3 Å². The normalized spacial score (nSPS) is 23.6. The van der Waals surface area contributed by atoms with Crippen molar-refractivity contribution < 1.29 is 4.79 Å². The molecule has 0 spiro atoms. The molecule has 1 N–H and O–H groups in total. The number of nitrogens with one attached hydrogen (secondary N) is 1. The van der Waals surface area contributed by atoms with Crippen molar-refractivity contribution in [3.63, 3.8) is 0 Å². The first-order valence-electron chi connectivity index (χ1n) is 6.09. The lowest BCUT2D eigenvalue weighted by Gasteiger charge is -2.45. The quantitative estimate of drug-likeness (QED) is 0.850. The van der Waals surface area contributed by atoms with Crippen molar-refractivity contribution in [2.75, 3.05) is 12.4 Å². The van der Waals surface area contributed by atoms with E-state index in [4.69, 9.17) is 0 Å². The highest BCUT2D eigenvalue weighted by Gasteiger charge is 2.38. The van der Waals surface area contributed by atoms with Gasteiger partial charge < -0.3 is 10.2 Å². The van der Waals surface area contributed by atoms with Crippen LogP contribution in [0.25, 0.3) is 0 Å². The fourth-order valence-electron chi connectivity index (χ4n) is 2.54. The topological polar surface area (TPSA) is 32.3 Å². The summed E-state index contributed by atoms with van der Waals surface area (Å²) in [4.78, 5) is 14.1. The van der Waals surface area contributed by atoms with Gasteiger partial charge in [-0.1, -0.05) is 26.0 Å². The third kappa shape index (κ3) is 2.02. The zero-order valence-electron chi connectivity index (χ0n) is 10.9. The van der Waals surface area contributed by atoms with Crippen LogP contribution in [-0.4, -0.2) is 23.5 Å². The molecule has 1 amide bonds. The lowest BCUT2D eigenvalue weighted by atomic mass is 9.93. The van der Waals surface area contributed by atoms with Gasteiger partial charge in [0.1, 0.15) is 5.66 Å². The Bertz CT molecular complexity index is 442. The van der Waals surface area contributed by atoms with Crippen molar-refractivity contribution in [1.29, 1.82) is 0 Å². The Labute approximate surface area is 103 Å². The molecule has 3 nitrogen and oxygen atoms in total. The predicted molar refractivity (Wildman–Crippen MR) is 70.0 cm³/mol. The SMILES string of the molecule is CC(C)CC1(C)Nc2ccccc2C(=O)N1C. The summed E-state index contributed by atoms with van der Waals surface area (Å²) in [6.45, 7) is 6.43. The molecular formula is C14H20N2O. The molecule has 0 bridgehead atoms. The van der Waals surface area contributed by atoms with Crippen molar-refractivity contribution in [2.45, 2.75) is 32.9 Å². The minimum atomic E-state index is -0.292. The minimum Gasteiger partial charge on any atom is -0.362 e. The van der Waals surface area contributed by atoms with Crippen molar-refractivity contribution >= 4 is 11.6 Å². The van der Waals surface area contributed by atoms with E-state index in [1.165, 1.54) is 0 Å². The zero-order chi connectivity index (χ0) is 12.6. The summed E-state index contributed by atoms with van der Waals surface area (Å²) in [6.07, 6.45) is 0.934. The molecule has 2 rings (SSSR count). The summed E-state index contributed by atoms with van der Waals surface area (Å²) in [5.74, 6) is 0.635. The first kappa shape index (κ1) is 12.0. The number of hydrogen-bond donors (Lipinski definition) is 1. The van der Waals surface area contributed by atoms with Gasteiger partial charge in [0, 0.05) is 12.7 Å². The minimum absolute atomic E-state index is 0.0995. The third-order valence-electron chi connectivity index (χ3n) is 3.41. The lowest BCUT2D eigenvalue weighted by Crippen LogP contribution is -2.56. The van der Waals surface area contributed by atoms with Gasteiger partial charge in [0.05, 0.1) is 5.56 Å². The summed E-state index contributed by atoms with van der Waals surface area (Å²) < 4.78 is 0. The summed E-state index contributed by atoms with van der Waals surface area (Å²) in [6, 6.07) is 7.70. The van der Waals surface area contributed by atoms with Gasteiger partial charge in [-0.15, -0.1) is 0 Å². The molecule has 1 aromatic rings. The molecule has 3 heteroatoms. The molecular weight excluding hydrogens is 212 g/mol. The van der Waals surface area contributed by atoms with Crippen molar-refractivity contribution in [1.82, 2.24) is 4.90 Å². The first-order chi connectivity index (χ1) is 7.94. The summed E-state index contributed by atoms with van der Waals surface area (Å²) in [7, 11) is 1.87. The van der Waals surface area contributed by atoms with Crippen LogP contribution in [0, 0.1) is 5.92 Å². The fourth-order valence-corrected chi connectivity index (χ4v) is 2.54. The lowest BCUT2D eigenvalue weighted by molar-refractivity contribution is 0.0582. The largest absolute Gasteiger partial charge is 0.362 e. The Morgan fingerprint density at radius 2 is 2.00 bits per heavy atom. The first-order valence-corrected chi connectivity index (χ1v) is 6.09. The van der Waals surface area contributed by atoms with Crippen LogP contribution < -0.4 is 5.32 Å². The Hall–Kier alpha value is -1.51. The van der Waals surface area contributed by atoms with E-state index in [-0.39, 0.29) is 11.6 Å². The van der Waals surface area contributed by atoms with E-state index in [0.717, 1.165) is 17.7 Å². The Morgan fingerprint density at radius 1 is 1.35 bits per heavy atom. The Balaban J connectivity index is 2.40. The van der Waals surface area contributed by atoms with Crippen molar-refractivity contribution in [3.8, 4) is 0 Å². The monoisotopic (exact) mass is 232 g/mol. The number of fused-ring (bicyclic) bond motifs is 1. The fraction of sp³-hybridized carbons (Fsp3) is 0.500. The van der Waals surface area contributed by atoms with Crippen LogP contribution in [0.1, 0.15) is 37.6 Å². The standard InChI is InChI=1S/C14H20N2O/c1-10(2)9-14(3)15-12-8-6-5-7-11(12)13(17)16(14)4/h5-8,10,15H,9H2,1-4H3. The van der Waals surface area contributed by atoms with Gasteiger partial charge >= 0.3 is 0 Å². The van der Waals surface area contributed by atoms with Crippen LogP contribution in [0.3, 0.4) is 0 Å². The van der Waals surface area contributed by atoms with Crippen LogP contribution in [0.2, 0.25) is 0 Å². The average molecular weight is 232 g/mol. The molecule has 1 heterocycles. The van der Waals surface area contributed by atoms with E-state index in [1.807, 2.05) is 36.2 Å². The van der Waals surface area contributed by atoms with E-state index >= 15 is 0 Å². The maximum atomic E-state index is 12.3. The molecule has 1 unspecified atom stereocenters. The Morgan fingerprint density at radius 3 is 2.65 bits per heavy atom.